The Bertz CT molecular complexity index is 1240. The van der Waals surface area contributed by atoms with Crippen molar-refractivity contribution in [3.63, 3.8) is 0 Å². The zero-order valence-corrected chi connectivity index (χ0v) is 17.6. The fraction of sp³-hybridized carbons (Fsp3) is 0.250. The van der Waals surface area contributed by atoms with Crippen LogP contribution in [-0.2, 0) is 0 Å². The lowest BCUT2D eigenvalue weighted by atomic mass is 9.85. The second kappa shape index (κ2) is 6.49. The summed E-state index contributed by atoms with van der Waals surface area (Å²) in [5, 5.41) is 0.799. The molecule has 0 N–H and O–H groups in total. The van der Waals surface area contributed by atoms with Gasteiger partial charge in [-0.25, -0.2) is 0 Å². The summed E-state index contributed by atoms with van der Waals surface area (Å²) in [7, 11) is 0. The predicted octanol–water partition coefficient (Wildman–Crippen LogP) is 6.17. The number of amidine groups is 1. The Balaban J connectivity index is 1.73. The van der Waals surface area contributed by atoms with Gasteiger partial charge < -0.3 is 17.9 Å². The van der Waals surface area contributed by atoms with Crippen LogP contribution in [0.3, 0.4) is 0 Å². The Morgan fingerprint density at radius 1 is 0.867 bits per heavy atom. The van der Waals surface area contributed by atoms with Crippen molar-refractivity contribution < 1.29 is 13.1 Å². The summed E-state index contributed by atoms with van der Waals surface area (Å²) in [4.78, 5) is 5.69. The van der Waals surface area contributed by atoms with E-state index < -0.39 is 6.97 Å². The molecule has 2 aromatic carbocycles. The van der Waals surface area contributed by atoms with Crippen LogP contribution in [0, 0.1) is 0 Å². The number of pyridine rings is 1. The molecule has 3 nitrogen and oxygen atoms in total. The second-order valence-corrected chi connectivity index (χ2v) is 8.77. The third kappa shape index (κ3) is 2.70. The summed E-state index contributed by atoms with van der Waals surface area (Å²) in [6.07, 6.45) is 3.58. The molecule has 0 saturated carbocycles. The summed E-state index contributed by atoms with van der Waals surface area (Å²) in [5.41, 5.74) is 4.06. The molecule has 0 unspecified atom stereocenters. The summed E-state index contributed by atoms with van der Waals surface area (Å²) in [6.45, 7) is 4.30. The Hall–Kier alpha value is -3.02. The van der Waals surface area contributed by atoms with E-state index in [0.717, 1.165) is 31.4 Å². The van der Waals surface area contributed by atoms with E-state index in [0.29, 0.717) is 23.0 Å². The molecule has 0 amide bonds. The van der Waals surface area contributed by atoms with Crippen LogP contribution in [0.1, 0.15) is 56.2 Å². The molecule has 3 aromatic rings. The SMILES string of the molecule is CC(C)c1ccc2c(c1)C=CC1=Nc3ccc4cc(C(C)C)ccc4[n+]3[B-](F)(F)N12. The molecule has 0 bridgehead atoms. The third-order valence-corrected chi connectivity index (χ3v) is 6.12. The first-order chi connectivity index (χ1) is 14.3. The second-order valence-electron chi connectivity index (χ2n) is 8.77. The Labute approximate surface area is 175 Å². The Kier molecular flexibility index (Phi) is 4.11. The number of aromatic nitrogens is 1. The topological polar surface area (TPSA) is 19.5 Å². The van der Waals surface area contributed by atoms with Gasteiger partial charge in [0, 0.05) is 23.2 Å². The van der Waals surface area contributed by atoms with E-state index in [1.165, 1.54) is 0 Å². The molecule has 6 heteroatoms. The predicted molar refractivity (Wildman–Crippen MR) is 121 cm³/mol. The van der Waals surface area contributed by atoms with Crippen LogP contribution < -0.4 is 9.29 Å². The summed E-state index contributed by atoms with van der Waals surface area (Å²) in [6, 6.07) is 15.0. The van der Waals surface area contributed by atoms with Crippen molar-refractivity contribution in [1.82, 2.24) is 0 Å². The Morgan fingerprint density at radius 2 is 1.57 bits per heavy atom. The van der Waals surface area contributed by atoms with Crippen molar-refractivity contribution in [1.29, 1.82) is 0 Å². The summed E-state index contributed by atoms with van der Waals surface area (Å²) < 4.78 is 33.3. The van der Waals surface area contributed by atoms with Crippen molar-refractivity contribution in [3.8, 4) is 0 Å². The van der Waals surface area contributed by atoms with Crippen LogP contribution in [0.25, 0.3) is 17.0 Å². The van der Waals surface area contributed by atoms with Crippen LogP contribution >= 0.6 is 0 Å². The smallest absolute Gasteiger partial charge is 0.414 e. The van der Waals surface area contributed by atoms with Crippen molar-refractivity contribution in [2.24, 2.45) is 4.99 Å². The molecule has 0 radical (unpaired) electrons. The maximum absolute atomic E-state index is 16.1. The number of hydrogen-bond acceptors (Lipinski definition) is 2. The molecule has 0 aliphatic carbocycles. The minimum atomic E-state index is -4.11. The molecular formula is C24H24BF2N3. The Morgan fingerprint density at radius 3 is 2.30 bits per heavy atom. The first-order valence-electron chi connectivity index (χ1n) is 10.5. The molecule has 0 atom stereocenters. The molecular weight excluding hydrogens is 379 g/mol. The highest BCUT2D eigenvalue weighted by Crippen LogP contribution is 2.37. The van der Waals surface area contributed by atoms with Gasteiger partial charge in [0.1, 0.15) is 0 Å². The molecule has 3 heterocycles. The van der Waals surface area contributed by atoms with Crippen molar-refractivity contribution >= 4 is 41.3 Å². The fourth-order valence-electron chi connectivity index (χ4n) is 4.37. The van der Waals surface area contributed by atoms with Gasteiger partial charge in [-0.2, -0.15) is 0 Å². The van der Waals surface area contributed by atoms with E-state index in [2.05, 4.69) is 32.7 Å². The van der Waals surface area contributed by atoms with Gasteiger partial charge in [0.15, 0.2) is 0 Å². The first kappa shape index (κ1) is 19.0. The van der Waals surface area contributed by atoms with E-state index >= 15 is 8.63 Å². The number of halogens is 2. The molecule has 0 spiro atoms. The van der Waals surface area contributed by atoms with E-state index in [1.807, 2.05) is 36.4 Å². The fourth-order valence-corrected chi connectivity index (χ4v) is 4.37. The largest absolute Gasteiger partial charge is 0.642 e. The number of aliphatic imine (C=N–C) groups is 1. The summed E-state index contributed by atoms with van der Waals surface area (Å²) in [5.74, 6) is 1.23. The maximum Gasteiger partial charge on any atom is 0.642 e. The molecule has 30 heavy (non-hydrogen) atoms. The number of benzene rings is 2. The monoisotopic (exact) mass is 403 g/mol. The average molecular weight is 403 g/mol. The van der Waals surface area contributed by atoms with E-state index in [4.69, 9.17) is 0 Å². The molecule has 0 fully saturated rings. The van der Waals surface area contributed by atoms with Gasteiger partial charge in [0.25, 0.3) is 5.82 Å². The normalized spacial score (nSPS) is 16.5. The van der Waals surface area contributed by atoms with Gasteiger partial charge in [-0.3, -0.25) is 0 Å². The minimum absolute atomic E-state index is 0.281. The third-order valence-electron chi connectivity index (χ3n) is 6.12. The van der Waals surface area contributed by atoms with Crippen molar-refractivity contribution in [2.75, 3.05) is 4.81 Å². The molecule has 1 aromatic heterocycles. The van der Waals surface area contributed by atoms with Gasteiger partial charge in [0.2, 0.25) is 5.84 Å². The van der Waals surface area contributed by atoms with Crippen LogP contribution in [0.5, 0.6) is 0 Å². The minimum Gasteiger partial charge on any atom is -0.414 e. The van der Waals surface area contributed by atoms with E-state index in [9.17, 15) is 0 Å². The zero-order valence-electron chi connectivity index (χ0n) is 17.6. The van der Waals surface area contributed by atoms with Crippen LogP contribution in [0.2, 0.25) is 0 Å². The van der Waals surface area contributed by atoms with Crippen molar-refractivity contribution in [3.05, 3.63) is 71.3 Å². The van der Waals surface area contributed by atoms with E-state index in [1.54, 1.807) is 24.3 Å². The average Bonchev–Trinajstić information content (AvgIpc) is 2.71. The van der Waals surface area contributed by atoms with Crippen LogP contribution in [-0.4, -0.2) is 12.8 Å². The van der Waals surface area contributed by atoms with Crippen LogP contribution in [0.4, 0.5) is 20.1 Å². The number of fused-ring (bicyclic) bond motifs is 6. The van der Waals surface area contributed by atoms with Gasteiger partial charge in [0.05, 0.1) is 5.52 Å². The highest BCUT2D eigenvalue weighted by Gasteiger charge is 2.51. The highest BCUT2D eigenvalue weighted by molar-refractivity contribution is 6.69. The number of nitrogens with zero attached hydrogens (tertiary/aromatic N) is 3. The zero-order chi connectivity index (χ0) is 21.2. The highest BCUT2D eigenvalue weighted by atomic mass is 19.2. The van der Waals surface area contributed by atoms with Crippen molar-refractivity contribution in [2.45, 2.75) is 39.5 Å². The number of rotatable bonds is 2. The number of hydrogen-bond donors (Lipinski definition) is 0. The lowest BCUT2D eigenvalue weighted by Gasteiger charge is -2.41. The molecule has 152 valence electrons. The van der Waals surface area contributed by atoms with E-state index in [-0.39, 0.29) is 11.7 Å². The number of anilines is 1. The van der Waals surface area contributed by atoms with Crippen LogP contribution in [0.15, 0.2) is 59.6 Å². The lowest BCUT2D eigenvalue weighted by molar-refractivity contribution is -0.524. The molecule has 2 aliphatic heterocycles. The molecule has 2 aliphatic rings. The quantitative estimate of drug-likeness (QED) is 0.468. The lowest BCUT2D eigenvalue weighted by Crippen LogP contribution is -2.73. The van der Waals surface area contributed by atoms with Gasteiger partial charge in [-0.15, -0.1) is 0 Å². The maximum atomic E-state index is 16.1. The van der Waals surface area contributed by atoms with Gasteiger partial charge >= 0.3 is 6.97 Å². The van der Waals surface area contributed by atoms with Gasteiger partial charge in [-0.05, 0) is 69.9 Å². The standard InChI is InChI=1S/C24H24BF2N3/c1-15(2)17-5-9-21-19(13-17)7-11-23-28-24-12-8-20-14-18(16(3)4)6-10-22(20)30(24)25(26,27)29(21)23/h5-16H,1-4H3. The first-order valence-corrected chi connectivity index (χ1v) is 10.5. The molecule has 0 saturated heterocycles. The molecule has 5 rings (SSSR count). The van der Waals surface area contributed by atoms with Gasteiger partial charge in [-0.1, -0.05) is 39.8 Å². The summed E-state index contributed by atoms with van der Waals surface area (Å²) >= 11 is 0.